The van der Waals surface area contributed by atoms with Crippen LogP contribution in [-0.4, -0.2) is 37.9 Å². The van der Waals surface area contributed by atoms with E-state index >= 15 is 0 Å². The second kappa shape index (κ2) is 5.36. The van der Waals surface area contributed by atoms with Gasteiger partial charge >= 0.3 is 0 Å². The van der Waals surface area contributed by atoms with Crippen LogP contribution in [0.15, 0.2) is 17.6 Å². The number of halogens is 1. The molecule has 0 aliphatic heterocycles. The van der Waals surface area contributed by atoms with Crippen LogP contribution in [0, 0.1) is 0 Å². The van der Waals surface area contributed by atoms with E-state index in [1.165, 1.54) is 17.1 Å². The monoisotopic (exact) mass is 300 g/mol. The molecule has 0 spiro atoms. The van der Waals surface area contributed by atoms with E-state index in [0.29, 0.717) is 6.42 Å². The Labute approximate surface area is 105 Å². The minimum atomic E-state index is -3.86. The lowest BCUT2D eigenvalue weighted by molar-refractivity contribution is 0.587. The Morgan fingerprint density at radius 2 is 1.94 bits per heavy atom. The summed E-state index contributed by atoms with van der Waals surface area (Å²) in [5.41, 5.74) is 0. The molecule has 0 aliphatic rings. The molecule has 9 heteroatoms. The molecule has 0 saturated heterocycles. The second-order valence-electron chi connectivity index (χ2n) is 3.54. The fourth-order valence-electron chi connectivity index (χ4n) is 1.25. The SMILES string of the molecule is CCCS(=O)(=O)CCn1cnc(S(=O)(=O)Cl)c1. The van der Waals surface area contributed by atoms with Crippen LogP contribution in [0.5, 0.6) is 0 Å². The number of rotatable bonds is 6. The number of nitrogens with zero attached hydrogens (tertiary/aromatic N) is 2. The summed E-state index contributed by atoms with van der Waals surface area (Å²) in [5, 5.41) is -0.271. The van der Waals surface area contributed by atoms with Crippen molar-refractivity contribution < 1.29 is 16.8 Å². The predicted molar refractivity (Wildman–Crippen MR) is 64.2 cm³/mol. The highest BCUT2D eigenvalue weighted by atomic mass is 35.7. The lowest BCUT2D eigenvalue weighted by Gasteiger charge is -2.02. The molecule has 1 aromatic rings. The third kappa shape index (κ3) is 4.64. The first-order valence-corrected chi connectivity index (χ1v) is 9.04. The highest BCUT2D eigenvalue weighted by molar-refractivity contribution is 8.13. The molecule has 1 aromatic heterocycles. The van der Waals surface area contributed by atoms with Gasteiger partial charge in [-0.2, -0.15) is 0 Å². The van der Waals surface area contributed by atoms with E-state index in [1.54, 1.807) is 6.92 Å². The summed E-state index contributed by atoms with van der Waals surface area (Å²) in [7, 11) is -1.85. The molecule has 17 heavy (non-hydrogen) atoms. The van der Waals surface area contributed by atoms with Gasteiger partial charge in [0.1, 0.15) is 0 Å². The van der Waals surface area contributed by atoms with Crippen molar-refractivity contribution in [2.24, 2.45) is 0 Å². The van der Waals surface area contributed by atoms with Crippen LogP contribution in [0.25, 0.3) is 0 Å². The molecule has 0 fully saturated rings. The summed E-state index contributed by atoms with van der Waals surface area (Å²) in [6, 6.07) is 0. The van der Waals surface area contributed by atoms with E-state index < -0.39 is 18.9 Å². The topological polar surface area (TPSA) is 86.1 Å². The molecule has 0 atom stereocenters. The van der Waals surface area contributed by atoms with Crippen molar-refractivity contribution in [3.8, 4) is 0 Å². The maximum Gasteiger partial charge on any atom is 0.280 e. The van der Waals surface area contributed by atoms with Gasteiger partial charge < -0.3 is 4.57 Å². The fraction of sp³-hybridized carbons (Fsp3) is 0.625. The fourth-order valence-corrected chi connectivity index (χ4v) is 3.23. The maximum atomic E-state index is 11.4. The molecule has 6 nitrogen and oxygen atoms in total. The molecule has 0 radical (unpaired) electrons. The van der Waals surface area contributed by atoms with Gasteiger partial charge in [-0.3, -0.25) is 0 Å². The van der Waals surface area contributed by atoms with Crippen molar-refractivity contribution in [2.45, 2.75) is 24.9 Å². The number of aryl methyl sites for hydroxylation is 1. The molecule has 0 aliphatic carbocycles. The van der Waals surface area contributed by atoms with Crippen LogP contribution < -0.4 is 0 Å². The van der Waals surface area contributed by atoms with Gasteiger partial charge in [-0.05, 0) is 6.42 Å². The van der Waals surface area contributed by atoms with E-state index in [0.717, 1.165) is 0 Å². The highest BCUT2D eigenvalue weighted by Gasteiger charge is 2.14. The van der Waals surface area contributed by atoms with E-state index in [2.05, 4.69) is 4.98 Å². The Kier molecular flexibility index (Phi) is 4.56. The lowest BCUT2D eigenvalue weighted by Crippen LogP contribution is -2.15. The summed E-state index contributed by atoms with van der Waals surface area (Å²) in [6.07, 6.45) is 3.02. The summed E-state index contributed by atoms with van der Waals surface area (Å²) >= 11 is 0. The largest absolute Gasteiger partial charge is 0.335 e. The normalized spacial score (nSPS) is 12.8. The molecule has 0 N–H and O–H groups in total. The molecule has 0 saturated carbocycles. The third-order valence-electron chi connectivity index (χ3n) is 2.03. The van der Waals surface area contributed by atoms with Gasteiger partial charge in [0.2, 0.25) is 0 Å². The Morgan fingerprint density at radius 3 is 2.41 bits per heavy atom. The first-order chi connectivity index (χ1) is 7.74. The zero-order chi connectivity index (χ0) is 13.1. The van der Waals surface area contributed by atoms with Crippen LogP contribution in [0.4, 0.5) is 0 Å². The van der Waals surface area contributed by atoms with Gasteiger partial charge in [0.15, 0.2) is 14.9 Å². The smallest absolute Gasteiger partial charge is 0.280 e. The summed E-state index contributed by atoms with van der Waals surface area (Å²) < 4.78 is 46.1. The van der Waals surface area contributed by atoms with Crippen LogP contribution in [0.1, 0.15) is 13.3 Å². The van der Waals surface area contributed by atoms with E-state index in [9.17, 15) is 16.8 Å². The average Bonchev–Trinajstić information content (AvgIpc) is 2.62. The Hall–Kier alpha value is -0.600. The molecule has 0 aromatic carbocycles. The van der Waals surface area contributed by atoms with Gasteiger partial charge in [0.05, 0.1) is 12.1 Å². The third-order valence-corrected chi connectivity index (χ3v) is 5.05. The van der Waals surface area contributed by atoms with Crippen molar-refractivity contribution >= 4 is 29.6 Å². The molecule has 0 bridgehead atoms. The van der Waals surface area contributed by atoms with Gasteiger partial charge in [-0.1, -0.05) is 6.92 Å². The Balaban J connectivity index is 2.69. The second-order valence-corrected chi connectivity index (χ2v) is 8.36. The minimum Gasteiger partial charge on any atom is -0.335 e. The predicted octanol–water partition coefficient (Wildman–Crippen LogP) is 0.635. The summed E-state index contributed by atoms with van der Waals surface area (Å²) in [5.74, 6) is 0.0847. The highest BCUT2D eigenvalue weighted by Crippen LogP contribution is 2.11. The number of aromatic nitrogens is 2. The van der Waals surface area contributed by atoms with Gasteiger partial charge in [-0.15, -0.1) is 0 Å². The molecule has 98 valence electrons. The van der Waals surface area contributed by atoms with Crippen LogP contribution in [0.2, 0.25) is 0 Å². The molecular weight excluding hydrogens is 288 g/mol. The maximum absolute atomic E-state index is 11.4. The standard InChI is InChI=1S/C8H13ClN2O4S2/c1-2-4-16(12,13)5-3-11-6-8(10-7-11)17(9,14)15/h6-7H,2-5H2,1H3. The summed E-state index contributed by atoms with van der Waals surface area (Å²) in [4.78, 5) is 3.58. The quantitative estimate of drug-likeness (QED) is 0.719. The van der Waals surface area contributed by atoms with Crippen LogP contribution in [0.3, 0.4) is 0 Å². The Bertz CT molecular complexity index is 576. The number of hydrogen-bond donors (Lipinski definition) is 0. The summed E-state index contributed by atoms with van der Waals surface area (Å²) in [6.45, 7) is 1.95. The van der Waals surface area contributed by atoms with Crippen LogP contribution >= 0.6 is 10.7 Å². The molecule has 1 heterocycles. The first-order valence-electron chi connectivity index (χ1n) is 4.91. The van der Waals surface area contributed by atoms with Gasteiger partial charge in [0, 0.05) is 29.2 Å². The molecule has 0 amide bonds. The lowest BCUT2D eigenvalue weighted by atomic mass is 10.6. The average molecular weight is 301 g/mol. The van der Waals surface area contributed by atoms with Crippen molar-refractivity contribution in [3.05, 3.63) is 12.5 Å². The van der Waals surface area contributed by atoms with Gasteiger partial charge in [0.25, 0.3) is 9.05 Å². The van der Waals surface area contributed by atoms with Crippen molar-refractivity contribution in [1.82, 2.24) is 9.55 Å². The van der Waals surface area contributed by atoms with Gasteiger partial charge in [-0.25, -0.2) is 21.8 Å². The van der Waals surface area contributed by atoms with Crippen molar-refractivity contribution in [3.63, 3.8) is 0 Å². The van der Waals surface area contributed by atoms with E-state index in [4.69, 9.17) is 10.7 Å². The molecule has 1 rings (SSSR count). The number of hydrogen-bond acceptors (Lipinski definition) is 5. The molecular formula is C8H13ClN2O4S2. The molecule has 0 unspecified atom stereocenters. The minimum absolute atomic E-state index is 0.0427. The van der Waals surface area contributed by atoms with E-state index in [1.807, 2.05) is 0 Å². The number of imidazole rings is 1. The first kappa shape index (κ1) is 14.5. The van der Waals surface area contributed by atoms with E-state index in [-0.39, 0.29) is 23.1 Å². The zero-order valence-electron chi connectivity index (χ0n) is 9.21. The van der Waals surface area contributed by atoms with Crippen molar-refractivity contribution in [2.75, 3.05) is 11.5 Å². The Morgan fingerprint density at radius 1 is 1.29 bits per heavy atom. The number of sulfone groups is 1. The van der Waals surface area contributed by atoms with Crippen LogP contribution in [-0.2, 0) is 25.4 Å². The van der Waals surface area contributed by atoms with Crippen molar-refractivity contribution in [1.29, 1.82) is 0 Å². The zero-order valence-corrected chi connectivity index (χ0v) is 11.6.